The molecule has 134 valence electrons. The van der Waals surface area contributed by atoms with Crippen LogP contribution >= 0.6 is 0 Å². The summed E-state index contributed by atoms with van der Waals surface area (Å²) in [4.78, 5) is 0. The highest BCUT2D eigenvalue weighted by atomic mass is 32.2. The molecular weight excluding hydrogens is 351 g/mol. The minimum atomic E-state index is -4.44. The Morgan fingerprint density at radius 3 is 2.32 bits per heavy atom. The van der Waals surface area contributed by atoms with Crippen LogP contribution in [0.4, 0.5) is 18.9 Å². The molecule has 1 aliphatic rings. The molecule has 0 fully saturated rings. The fraction of sp³-hybridized carbons (Fsp3) is 0.333. The predicted molar refractivity (Wildman–Crippen MR) is 90.9 cm³/mol. The highest BCUT2D eigenvalue weighted by molar-refractivity contribution is 7.93. The van der Waals surface area contributed by atoms with Crippen LogP contribution in [0.2, 0.25) is 0 Å². The molecule has 1 atom stereocenters. The number of benzene rings is 2. The molecule has 0 radical (unpaired) electrons. The maximum absolute atomic E-state index is 13.0. The summed E-state index contributed by atoms with van der Waals surface area (Å²) in [6.45, 7) is 1.89. The standard InChI is InChI=1S/C18H18F3NO2S/c1-13(14-8-10-16(11-9-14)18(19,20)21)25(23,24)22-12-4-6-15-5-2-3-7-17(15)22/h2-3,5,7-11,13H,4,6,12H2,1H3. The maximum atomic E-state index is 13.0. The van der Waals surface area contributed by atoms with Crippen molar-refractivity contribution in [1.29, 1.82) is 0 Å². The van der Waals surface area contributed by atoms with Gasteiger partial charge in [0, 0.05) is 6.54 Å². The van der Waals surface area contributed by atoms with E-state index in [0.717, 1.165) is 30.5 Å². The van der Waals surface area contributed by atoms with Crippen molar-refractivity contribution in [2.45, 2.75) is 31.2 Å². The summed E-state index contributed by atoms with van der Waals surface area (Å²) in [5, 5.41) is -0.930. The van der Waals surface area contributed by atoms with Crippen molar-refractivity contribution in [3.05, 3.63) is 65.2 Å². The third-order valence-electron chi connectivity index (χ3n) is 4.53. The second kappa shape index (κ2) is 6.37. The molecule has 0 N–H and O–H groups in total. The van der Waals surface area contributed by atoms with Gasteiger partial charge in [0.2, 0.25) is 10.0 Å². The fourth-order valence-electron chi connectivity index (χ4n) is 3.07. The van der Waals surface area contributed by atoms with Gasteiger partial charge in [-0.15, -0.1) is 0 Å². The summed E-state index contributed by atoms with van der Waals surface area (Å²) in [7, 11) is -3.72. The first-order valence-electron chi connectivity index (χ1n) is 7.98. The molecule has 7 heteroatoms. The minimum Gasteiger partial charge on any atom is -0.269 e. The minimum absolute atomic E-state index is 0.344. The molecular formula is C18H18F3NO2S. The molecule has 25 heavy (non-hydrogen) atoms. The Kier molecular flexibility index (Phi) is 4.53. The van der Waals surface area contributed by atoms with Crippen molar-refractivity contribution in [3.8, 4) is 0 Å². The van der Waals surface area contributed by atoms with Gasteiger partial charge < -0.3 is 0 Å². The lowest BCUT2D eigenvalue weighted by Crippen LogP contribution is -2.37. The van der Waals surface area contributed by atoms with Gasteiger partial charge in [0.15, 0.2) is 0 Å². The lowest BCUT2D eigenvalue weighted by atomic mass is 10.0. The summed E-state index contributed by atoms with van der Waals surface area (Å²) in [6.07, 6.45) is -2.90. The van der Waals surface area contributed by atoms with Crippen LogP contribution < -0.4 is 4.31 Å². The van der Waals surface area contributed by atoms with Crippen LogP contribution in [0.3, 0.4) is 0 Å². The fourth-order valence-corrected chi connectivity index (χ4v) is 4.79. The van der Waals surface area contributed by atoms with Crippen molar-refractivity contribution in [1.82, 2.24) is 0 Å². The second-order valence-electron chi connectivity index (χ2n) is 6.11. The molecule has 2 aromatic rings. The van der Waals surface area contributed by atoms with Gasteiger partial charge in [0.1, 0.15) is 5.25 Å². The zero-order chi connectivity index (χ0) is 18.2. The summed E-state index contributed by atoms with van der Waals surface area (Å²) < 4.78 is 65.5. The third kappa shape index (κ3) is 3.38. The van der Waals surface area contributed by atoms with Crippen molar-refractivity contribution in [2.24, 2.45) is 0 Å². The SMILES string of the molecule is CC(c1ccc(C(F)(F)F)cc1)S(=O)(=O)N1CCCc2ccccc21. The second-order valence-corrected chi connectivity index (χ2v) is 8.29. The first-order chi connectivity index (χ1) is 11.7. The van der Waals surface area contributed by atoms with Gasteiger partial charge in [-0.25, -0.2) is 8.42 Å². The molecule has 1 heterocycles. The molecule has 0 saturated carbocycles. The smallest absolute Gasteiger partial charge is 0.269 e. The Labute approximate surface area is 145 Å². The number of halogens is 3. The third-order valence-corrected chi connectivity index (χ3v) is 6.69. The molecule has 0 spiro atoms. The predicted octanol–water partition coefficient (Wildman–Crippen LogP) is 4.55. The molecule has 0 amide bonds. The zero-order valence-corrected chi connectivity index (χ0v) is 14.4. The van der Waals surface area contributed by atoms with Crippen LogP contribution in [-0.2, 0) is 22.6 Å². The van der Waals surface area contributed by atoms with E-state index in [9.17, 15) is 21.6 Å². The molecule has 0 aromatic heterocycles. The van der Waals surface area contributed by atoms with E-state index in [0.29, 0.717) is 17.8 Å². The molecule has 2 aromatic carbocycles. The zero-order valence-electron chi connectivity index (χ0n) is 13.6. The van der Waals surface area contributed by atoms with Crippen molar-refractivity contribution in [2.75, 3.05) is 10.8 Å². The average molecular weight is 369 g/mol. The highest BCUT2D eigenvalue weighted by Gasteiger charge is 2.34. The first-order valence-corrected chi connectivity index (χ1v) is 9.48. The number of rotatable bonds is 3. The van der Waals surface area contributed by atoms with E-state index in [1.54, 1.807) is 12.1 Å². The number of fused-ring (bicyclic) bond motifs is 1. The normalized spacial score (nSPS) is 16.4. The van der Waals surface area contributed by atoms with Crippen LogP contribution in [0.1, 0.15) is 35.3 Å². The Balaban J connectivity index is 1.93. The van der Waals surface area contributed by atoms with Crippen LogP contribution in [0, 0.1) is 0 Å². The van der Waals surface area contributed by atoms with E-state index in [1.807, 2.05) is 12.1 Å². The lowest BCUT2D eigenvalue weighted by Gasteiger charge is -2.32. The van der Waals surface area contributed by atoms with Crippen LogP contribution in [0.15, 0.2) is 48.5 Å². The number of anilines is 1. The van der Waals surface area contributed by atoms with E-state index >= 15 is 0 Å². The molecule has 3 nitrogen and oxygen atoms in total. The van der Waals surface area contributed by atoms with E-state index in [2.05, 4.69) is 0 Å². The van der Waals surface area contributed by atoms with Gasteiger partial charge in [0.05, 0.1) is 11.3 Å². The highest BCUT2D eigenvalue weighted by Crippen LogP contribution is 2.36. The maximum Gasteiger partial charge on any atom is 0.416 e. The summed E-state index contributed by atoms with van der Waals surface area (Å²) in [6, 6.07) is 11.6. The van der Waals surface area contributed by atoms with Gasteiger partial charge in [0.25, 0.3) is 0 Å². The van der Waals surface area contributed by atoms with Gasteiger partial charge in [-0.2, -0.15) is 13.2 Å². The van der Waals surface area contributed by atoms with Crippen molar-refractivity contribution >= 4 is 15.7 Å². The van der Waals surface area contributed by atoms with Gasteiger partial charge >= 0.3 is 6.18 Å². The monoisotopic (exact) mass is 369 g/mol. The Bertz CT molecular complexity index is 861. The molecule has 1 unspecified atom stereocenters. The quantitative estimate of drug-likeness (QED) is 0.796. The summed E-state index contributed by atoms with van der Waals surface area (Å²) in [5.41, 5.74) is 1.18. The Hall–Kier alpha value is -2.02. The van der Waals surface area contributed by atoms with Crippen molar-refractivity contribution < 1.29 is 21.6 Å². The summed E-state index contributed by atoms with van der Waals surface area (Å²) in [5.74, 6) is 0. The van der Waals surface area contributed by atoms with Gasteiger partial charge in [-0.05, 0) is 49.1 Å². The molecule has 0 aliphatic carbocycles. The van der Waals surface area contributed by atoms with Crippen LogP contribution in [0.5, 0.6) is 0 Å². The van der Waals surface area contributed by atoms with Crippen molar-refractivity contribution in [3.63, 3.8) is 0 Å². The largest absolute Gasteiger partial charge is 0.416 e. The molecule has 0 bridgehead atoms. The Morgan fingerprint density at radius 1 is 1.04 bits per heavy atom. The molecule has 3 rings (SSSR count). The number of alkyl halides is 3. The van der Waals surface area contributed by atoms with E-state index in [-0.39, 0.29) is 0 Å². The molecule has 1 aliphatic heterocycles. The number of aryl methyl sites for hydroxylation is 1. The van der Waals surface area contributed by atoms with E-state index in [4.69, 9.17) is 0 Å². The number of hydrogen-bond acceptors (Lipinski definition) is 2. The Morgan fingerprint density at radius 2 is 1.68 bits per heavy atom. The first kappa shape index (κ1) is 17.8. The van der Waals surface area contributed by atoms with Gasteiger partial charge in [-0.1, -0.05) is 30.3 Å². The number of hydrogen-bond donors (Lipinski definition) is 0. The summed E-state index contributed by atoms with van der Waals surface area (Å²) >= 11 is 0. The van der Waals surface area contributed by atoms with Crippen LogP contribution in [0.25, 0.3) is 0 Å². The lowest BCUT2D eigenvalue weighted by molar-refractivity contribution is -0.137. The number of nitrogens with zero attached hydrogens (tertiary/aromatic N) is 1. The van der Waals surface area contributed by atoms with Crippen LogP contribution in [-0.4, -0.2) is 15.0 Å². The molecule has 0 saturated heterocycles. The average Bonchev–Trinajstić information content (AvgIpc) is 2.60. The topological polar surface area (TPSA) is 37.4 Å². The number of para-hydroxylation sites is 1. The van der Waals surface area contributed by atoms with Gasteiger partial charge in [-0.3, -0.25) is 4.31 Å². The van der Waals surface area contributed by atoms with E-state index in [1.165, 1.54) is 23.4 Å². The number of sulfonamides is 1. The van der Waals surface area contributed by atoms with E-state index < -0.39 is 27.0 Å².